The summed E-state index contributed by atoms with van der Waals surface area (Å²) in [5.74, 6) is -2.31. The summed E-state index contributed by atoms with van der Waals surface area (Å²) in [6, 6.07) is 24.2. The third-order valence-corrected chi connectivity index (χ3v) is 8.66. The van der Waals surface area contributed by atoms with Crippen LogP contribution in [0.2, 0.25) is 0 Å². The van der Waals surface area contributed by atoms with E-state index in [4.69, 9.17) is 4.74 Å². The second-order valence-corrected chi connectivity index (χ2v) is 11.4. The van der Waals surface area contributed by atoms with E-state index in [-0.39, 0.29) is 18.8 Å². The molecule has 3 amide bonds. The van der Waals surface area contributed by atoms with Crippen LogP contribution in [0.1, 0.15) is 29.0 Å². The number of ether oxygens (including phenoxy) is 1. The van der Waals surface area contributed by atoms with Gasteiger partial charge >= 0.3 is 12.1 Å². The number of carbonyl (C=O) groups excluding carboxylic acids is 3. The lowest BCUT2D eigenvalue weighted by atomic mass is 10.0. The first-order valence-corrected chi connectivity index (χ1v) is 14.9. The number of hydrogen-bond donors (Lipinski definition) is 3. The number of thioether (sulfide) groups is 1. The summed E-state index contributed by atoms with van der Waals surface area (Å²) < 4.78 is 5.42. The molecule has 3 N–H and O–H groups in total. The average molecular weight is 606 g/mol. The molecule has 0 spiro atoms. The third kappa shape index (κ3) is 7.94. The first kappa shape index (κ1) is 31.6. The zero-order valence-electron chi connectivity index (χ0n) is 23.9. The van der Waals surface area contributed by atoms with Crippen LogP contribution in [0.15, 0.2) is 91.0 Å². The summed E-state index contributed by atoms with van der Waals surface area (Å²) in [5.41, 5.74) is 2.32. The number of likely N-dealkylation sites (N-methyl/N-ethyl adjacent to an activating group) is 1. The van der Waals surface area contributed by atoms with Crippen molar-refractivity contribution in [2.24, 2.45) is 0 Å². The second-order valence-electron chi connectivity index (χ2n) is 10.3. The van der Waals surface area contributed by atoms with Crippen molar-refractivity contribution in [2.75, 3.05) is 12.8 Å². The largest absolute Gasteiger partial charge is 0.479 e. The minimum absolute atomic E-state index is 0.0386. The van der Waals surface area contributed by atoms with E-state index in [0.29, 0.717) is 0 Å². The lowest BCUT2D eigenvalue weighted by molar-refractivity contribution is -0.149. The first-order chi connectivity index (χ1) is 20.7. The Hall–Kier alpha value is -4.35. The van der Waals surface area contributed by atoms with Crippen molar-refractivity contribution in [3.63, 3.8) is 0 Å². The maximum absolute atomic E-state index is 14.0. The molecule has 226 valence electrons. The standard InChI is InChI=1S/C32H35N3O7S/c1-21(34(2)32(41)42-19-23-14-8-4-9-15-23)29(38)35-26(20-43-30(35)24-16-10-5-11-17-24)28(37)33-25(27(36)31(39)40)18-22-12-6-3-7-13-22/h3-17,21,25-27,30,36H,18-20H2,1-2H3,(H,33,37)(H,39,40)/t21-,25-,26-,27?,30?/m0/s1. The number of nitrogens with zero attached hydrogens (tertiary/aromatic N) is 2. The number of nitrogens with one attached hydrogen (secondary N) is 1. The molecule has 1 aliphatic heterocycles. The number of aliphatic carboxylic acids is 1. The topological polar surface area (TPSA) is 136 Å². The van der Waals surface area contributed by atoms with Gasteiger partial charge in [-0.1, -0.05) is 91.0 Å². The quantitative estimate of drug-likeness (QED) is 0.302. The van der Waals surface area contributed by atoms with Gasteiger partial charge in [-0.25, -0.2) is 9.59 Å². The fraction of sp³-hybridized carbons (Fsp3) is 0.312. The zero-order valence-corrected chi connectivity index (χ0v) is 24.7. The van der Waals surface area contributed by atoms with Gasteiger partial charge in [0.15, 0.2) is 6.10 Å². The first-order valence-electron chi connectivity index (χ1n) is 13.8. The van der Waals surface area contributed by atoms with Gasteiger partial charge in [0, 0.05) is 12.8 Å². The summed E-state index contributed by atoms with van der Waals surface area (Å²) in [6.07, 6.45) is -2.49. The van der Waals surface area contributed by atoms with Gasteiger partial charge in [-0.2, -0.15) is 0 Å². The maximum Gasteiger partial charge on any atom is 0.410 e. The fourth-order valence-corrected chi connectivity index (χ4v) is 6.21. The number of carbonyl (C=O) groups is 4. The van der Waals surface area contributed by atoms with Crippen LogP contribution < -0.4 is 5.32 Å². The highest BCUT2D eigenvalue weighted by Gasteiger charge is 2.45. The van der Waals surface area contributed by atoms with Crippen LogP contribution >= 0.6 is 11.8 Å². The number of carboxylic acid groups (broad SMARTS) is 1. The van der Waals surface area contributed by atoms with Crippen LogP contribution in [0.3, 0.4) is 0 Å². The number of amides is 3. The van der Waals surface area contributed by atoms with Crippen molar-refractivity contribution in [3.8, 4) is 0 Å². The van der Waals surface area contributed by atoms with Gasteiger partial charge in [0.25, 0.3) is 0 Å². The van der Waals surface area contributed by atoms with E-state index < -0.39 is 53.5 Å². The zero-order chi connectivity index (χ0) is 30.9. The lowest BCUT2D eigenvalue weighted by Gasteiger charge is -2.34. The summed E-state index contributed by atoms with van der Waals surface area (Å²) in [6.45, 7) is 1.61. The minimum Gasteiger partial charge on any atom is -0.479 e. The molecule has 1 fully saturated rings. The Bertz CT molecular complexity index is 1390. The Balaban J connectivity index is 1.54. The van der Waals surface area contributed by atoms with Crippen molar-refractivity contribution >= 4 is 35.6 Å². The highest BCUT2D eigenvalue weighted by atomic mass is 32.2. The molecule has 0 aliphatic carbocycles. The Morgan fingerprint density at radius 3 is 2.09 bits per heavy atom. The van der Waals surface area contributed by atoms with Crippen LogP contribution in [0.25, 0.3) is 0 Å². The molecule has 3 aromatic carbocycles. The summed E-state index contributed by atoms with van der Waals surface area (Å²) in [5, 5.41) is 22.1. The Morgan fingerprint density at radius 2 is 1.51 bits per heavy atom. The molecule has 10 nitrogen and oxygen atoms in total. The van der Waals surface area contributed by atoms with Crippen molar-refractivity contribution < 1.29 is 34.1 Å². The van der Waals surface area contributed by atoms with E-state index in [1.807, 2.05) is 66.7 Å². The molecule has 2 unspecified atom stereocenters. The number of carboxylic acids is 1. The number of rotatable bonds is 11. The molecule has 0 saturated carbocycles. The molecule has 4 rings (SSSR count). The van der Waals surface area contributed by atoms with Crippen LogP contribution in [0, 0.1) is 0 Å². The third-order valence-electron chi connectivity index (χ3n) is 7.33. The van der Waals surface area contributed by atoms with Crippen molar-refractivity contribution in [1.82, 2.24) is 15.1 Å². The van der Waals surface area contributed by atoms with Gasteiger partial charge in [-0.3, -0.25) is 14.5 Å². The molecule has 1 saturated heterocycles. The molecule has 11 heteroatoms. The maximum atomic E-state index is 14.0. The fourth-order valence-electron chi connectivity index (χ4n) is 4.77. The minimum atomic E-state index is -1.86. The van der Waals surface area contributed by atoms with Crippen LogP contribution in [-0.2, 0) is 32.1 Å². The predicted octanol–water partition coefficient (Wildman–Crippen LogP) is 3.46. The van der Waals surface area contributed by atoms with Gasteiger partial charge < -0.3 is 25.2 Å². The molecule has 5 atom stereocenters. The number of hydrogen-bond acceptors (Lipinski definition) is 7. The van der Waals surface area contributed by atoms with E-state index in [9.17, 15) is 29.4 Å². The van der Waals surface area contributed by atoms with E-state index >= 15 is 0 Å². The van der Waals surface area contributed by atoms with Crippen LogP contribution in [-0.4, -0.2) is 80.9 Å². The Kier molecular flexibility index (Phi) is 10.8. The number of aliphatic hydroxyl groups excluding tert-OH is 1. The Labute approximate surface area is 254 Å². The van der Waals surface area contributed by atoms with Crippen molar-refractivity contribution in [3.05, 3.63) is 108 Å². The summed E-state index contributed by atoms with van der Waals surface area (Å²) in [7, 11) is 1.46. The van der Waals surface area contributed by atoms with Gasteiger partial charge in [0.05, 0.1) is 6.04 Å². The van der Waals surface area contributed by atoms with Crippen molar-refractivity contribution in [2.45, 2.75) is 49.6 Å². The molecule has 0 aromatic heterocycles. The smallest absolute Gasteiger partial charge is 0.410 e. The van der Waals surface area contributed by atoms with Crippen molar-refractivity contribution in [1.29, 1.82) is 0 Å². The molecule has 0 radical (unpaired) electrons. The molecule has 0 bridgehead atoms. The average Bonchev–Trinajstić information content (AvgIpc) is 3.48. The lowest BCUT2D eigenvalue weighted by Crippen LogP contribution is -2.57. The predicted molar refractivity (Wildman–Crippen MR) is 162 cm³/mol. The van der Waals surface area contributed by atoms with E-state index in [0.717, 1.165) is 16.7 Å². The van der Waals surface area contributed by atoms with Gasteiger partial charge in [-0.15, -0.1) is 11.8 Å². The van der Waals surface area contributed by atoms with Gasteiger partial charge in [0.1, 0.15) is 24.1 Å². The molecular formula is C32H35N3O7S. The van der Waals surface area contributed by atoms with Gasteiger partial charge in [-0.05, 0) is 30.0 Å². The van der Waals surface area contributed by atoms with Gasteiger partial charge in [0.2, 0.25) is 11.8 Å². The van der Waals surface area contributed by atoms with E-state index in [2.05, 4.69) is 5.32 Å². The van der Waals surface area contributed by atoms with Crippen LogP contribution in [0.5, 0.6) is 0 Å². The Morgan fingerprint density at radius 1 is 0.953 bits per heavy atom. The SMILES string of the molecule is C[C@@H](C(=O)N1C(c2ccccc2)SC[C@H]1C(=O)N[C@@H](Cc1ccccc1)C(O)C(=O)O)N(C)C(=O)OCc1ccccc1. The van der Waals surface area contributed by atoms with E-state index in [1.54, 1.807) is 31.2 Å². The molecule has 43 heavy (non-hydrogen) atoms. The van der Waals surface area contributed by atoms with Crippen LogP contribution in [0.4, 0.5) is 4.79 Å². The summed E-state index contributed by atoms with van der Waals surface area (Å²) in [4.78, 5) is 54.9. The molecular weight excluding hydrogens is 570 g/mol. The highest BCUT2D eigenvalue weighted by Crippen LogP contribution is 2.42. The number of aliphatic hydroxyl groups is 1. The molecule has 1 aliphatic rings. The molecule has 3 aromatic rings. The monoisotopic (exact) mass is 605 g/mol. The molecule has 1 heterocycles. The highest BCUT2D eigenvalue weighted by molar-refractivity contribution is 7.99. The normalized spacial score (nSPS) is 18.3. The summed E-state index contributed by atoms with van der Waals surface area (Å²) >= 11 is 1.39. The second kappa shape index (κ2) is 14.7. The number of benzene rings is 3. The van der Waals surface area contributed by atoms with E-state index in [1.165, 1.54) is 28.6 Å².